The van der Waals surface area contributed by atoms with Gasteiger partial charge in [0.1, 0.15) is 11.6 Å². The van der Waals surface area contributed by atoms with Crippen molar-refractivity contribution in [3.63, 3.8) is 0 Å². The van der Waals surface area contributed by atoms with Crippen molar-refractivity contribution in [2.24, 2.45) is 5.92 Å². The molecule has 1 aromatic carbocycles. The lowest BCUT2D eigenvalue weighted by atomic mass is 9.80. The van der Waals surface area contributed by atoms with E-state index >= 15 is 0 Å². The molecule has 3 aliphatic heterocycles. The summed E-state index contributed by atoms with van der Waals surface area (Å²) >= 11 is 0. The van der Waals surface area contributed by atoms with Crippen LogP contribution in [0.15, 0.2) is 27.7 Å². The average molecular weight is 488 g/mol. The first-order valence-electron chi connectivity index (χ1n) is 12.4. The summed E-state index contributed by atoms with van der Waals surface area (Å²) in [6.07, 6.45) is 7.82. The van der Waals surface area contributed by atoms with Gasteiger partial charge in [-0.25, -0.2) is 13.9 Å². The van der Waals surface area contributed by atoms with E-state index in [-0.39, 0.29) is 22.7 Å². The third-order valence-electron chi connectivity index (χ3n) is 7.87. The molecule has 3 fully saturated rings. The Hall–Kier alpha value is -2.39. The molecule has 0 spiro atoms. The van der Waals surface area contributed by atoms with Gasteiger partial charge < -0.3 is 9.73 Å². The first-order chi connectivity index (χ1) is 16.4. The van der Waals surface area contributed by atoms with Gasteiger partial charge >= 0.3 is 6.03 Å². The largest absolute Gasteiger partial charge is 0.447 e. The maximum atomic E-state index is 14.4. The Morgan fingerprint density at radius 3 is 2.50 bits per heavy atom. The molecular formula is C25H30FN3O4S. The number of hydrogen-bond donors (Lipinski definition) is 2. The number of carbonyl (C=O) groups excluding carboxylic acids is 1. The molecule has 0 radical (unpaired) electrons. The van der Waals surface area contributed by atoms with Crippen LogP contribution < -0.4 is 10.0 Å². The van der Waals surface area contributed by atoms with Crippen LogP contribution in [-0.4, -0.2) is 32.4 Å². The Kier molecular flexibility index (Phi) is 5.44. The van der Waals surface area contributed by atoms with Crippen LogP contribution in [0, 0.1) is 11.7 Å². The van der Waals surface area contributed by atoms with Crippen LogP contribution in [0.25, 0.3) is 0 Å². The van der Waals surface area contributed by atoms with E-state index in [0.29, 0.717) is 24.6 Å². The van der Waals surface area contributed by atoms with Gasteiger partial charge in [-0.1, -0.05) is 19.3 Å². The van der Waals surface area contributed by atoms with E-state index in [1.807, 2.05) is 0 Å². The molecule has 7 nitrogen and oxygen atoms in total. The van der Waals surface area contributed by atoms with Gasteiger partial charge in [0.05, 0.1) is 0 Å². The Morgan fingerprint density at radius 1 is 1.06 bits per heavy atom. The predicted molar refractivity (Wildman–Crippen MR) is 125 cm³/mol. The quantitative estimate of drug-likeness (QED) is 0.608. The smallest absolute Gasteiger partial charge is 0.333 e. The molecule has 9 heteroatoms. The third kappa shape index (κ3) is 4.24. The topological polar surface area (TPSA) is 91.7 Å². The molecule has 2 amide bonds. The molecule has 2 N–H and O–H groups in total. The molecule has 5 aliphatic rings. The number of carbonyl (C=O) groups is 1. The fourth-order valence-corrected chi connectivity index (χ4v) is 6.54. The molecule has 4 heterocycles. The number of sulfonamides is 1. The zero-order valence-electron chi connectivity index (χ0n) is 19.1. The normalized spacial score (nSPS) is 24.3. The number of amides is 2. The molecule has 1 saturated heterocycles. The highest BCUT2D eigenvalue weighted by molar-refractivity contribution is 7.89. The zero-order valence-corrected chi connectivity index (χ0v) is 19.9. The molecule has 7 rings (SSSR count). The summed E-state index contributed by atoms with van der Waals surface area (Å²) in [6, 6.07) is 3.65. The van der Waals surface area contributed by atoms with Gasteiger partial charge in [0.25, 0.3) is 10.0 Å². The molecule has 0 unspecified atom stereocenters. The Balaban J connectivity index is 1.23. The number of piperidine rings is 1. The summed E-state index contributed by atoms with van der Waals surface area (Å²) in [7, 11) is -4.18. The number of nitrogens with zero attached hydrogens (tertiary/aromatic N) is 1. The number of furan rings is 1. The van der Waals surface area contributed by atoms with Crippen molar-refractivity contribution in [2.75, 3.05) is 18.4 Å². The SMILES string of the molecule is O=C(Nc1c(CC2CCC2)cc(F)cc1C1CC1)NS(=O)(=O)c1cc2c(o1)C1CCN(CC1)C2. The van der Waals surface area contributed by atoms with Crippen molar-refractivity contribution in [1.29, 1.82) is 0 Å². The van der Waals surface area contributed by atoms with E-state index in [2.05, 4.69) is 14.9 Å². The van der Waals surface area contributed by atoms with Gasteiger partial charge in [-0.3, -0.25) is 4.90 Å². The third-order valence-corrected chi connectivity index (χ3v) is 9.05. The zero-order chi connectivity index (χ0) is 23.4. The second kappa shape index (κ2) is 8.37. The highest BCUT2D eigenvalue weighted by Crippen LogP contribution is 2.46. The lowest BCUT2D eigenvalue weighted by molar-refractivity contribution is 0.212. The average Bonchev–Trinajstić information content (AvgIpc) is 3.56. The fourth-order valence-electron chi connectivity index (χ4n) is 5.65. The van der Waals surface area contributed by atoms with E-state index in [9.17, 15) is 17.6 Å². The minimum atomic E-state index is -4.18. The molecular weight excluding hydrogens is 457 g/mol. The molecule has 0 atom stereocenters. The van der Waals surface area contributed by atoms with Crippen LogP contribution in [0.4, 0.5) is 14.9 Å². The molecule has 2 aromatic rings. The molecule has 2 aliphatic carbocycles. The molecule has 34 heavy (non-hydrogen) atoms. The lowest BCUT2D eigenvalue weighted by Crippen LogP contribution is -2.35. The van der Waals surface area contributed by atoms with Crippen molar-refractivity contribution in [3.8, 4) is 0 Å². The maximum Gasteiger partial charge on any atom is 0.333 e. The molecule has 2 bridgehead atoms. The number of benzene rings is 1. The summed E-state index contributed by atoms with van der Waals surface area (Å²) < 4.78 is 48.3. The first-order valence-corrected chi connectivity index (χ1v) is 13.8. The maximum absolute atomic E-state index is 14.4. The number of fused-ring (bicyclic) bond motifs is 2. The highest BCUT2D eigenvalue weighted by atomic mass is 32.2. The second-order valence-corrected chi connectivity index (χ2v) is 12.0. The molecule has 2 saturated carbocycles. The van der Waals surface area contributed by atoms with Crippen LogP contribution in [0.2, 0.25) is 0 Å². The number of halogens is 1. The van der Waals surface area contributed by atoms with E-state index in [1.54, 1.807) is 6.07 Å². The summed E-state index contributed by atoms with van der Waals surface area (Å²) in [5, 5.41) is 2.54. The minimum absolute atomic E-state index is 0.203. The number of hydrogen-bond acceptors (Lipinski definition) is 5. The van der Waals surface area contributed by atoms with Crippen molar-refractivity contribution >= 4 is 21.7 Å². The van der Waals surface area contributed by atoms with Crippen LogP contribution in [0.1, 0.15) is 79.2 Å². The Bertz CT molecular complexity index is 1230. The monoisotopic (exact) mass is 487 g/mol. The predicted octanol–water partition coefficient (Wildman–Crippen LogP) is 4.84. The second-order valence-electron chi connectivity index (χ2n) is 10.4. The van der Waals surface area contributed by atoms with Crippen LogP contribution in [0.5, 0.6) is 0 Å². The lowest BCUT2D eigenvalue weighted by Gasteiger charge is -2.27. The molecule has 1 aromatic heterocycles. The Morgan fingerprint density at radius 2 is 1.82 bits per heavy atom. The van der Waals surface area contributed by atoms with Crippen LogP contribution >= 0.6 is 0 Å². The summed E-state index contributed by atoms with van der Waals surface area (Å²) in [5.41, 5.74) is 2.95. The van der Waals surface area contributed by atoms with Crippen molar-refractivity contribution in [1.82, 2.24) is 9.62 Å². The van der Waals surface area contributed by atoms with E-state index in [4.69, 9.17) is 4.42 Å². The first kappa shape index (κ1) is 22.1. The van der Waals surface area contributed by atoms with Gasteiger partial charge in [-0.15, -0.1) is 0 Å². The van der Waals surface area contributed by atoms with Gasteiger partial charge in [-0.05, 0) is 80.3 Å². The van der Waals surface area contributed by atoms with Gasteiger partial charge in [0.2, 0.25) is 5.09 Å². The number of urea groups is 1. The summed E-state index contributed by atoms with van der Waals surface area (Å²) in [4.78, 5) is 15.2. The van der Waals surface area contributed by atoms with E-state index in [1.165, 1.54) is 18.6 Å². The van der Waals surface area contributed by atoms with Gasteiger partial charge in [0.15, 0.2) is 0 Å². The standard InChI is InChI=1S/C25H30FN3O4S/c26-20-11-18(10-15-2-1-3-15)23(21(13-20)16-4-5-16)27-25(30)28-34(31,32)22-12-19-14-29-8-6-17(7-9-29)24(19)33-22/h11-13,15-17H,1-10,14H2,(H2,27,28,30). The van der Waals surface area contributed by atoms with Crippen molar-refractivity contribution in [2.45, 2.75) is 74.8 Å². The van der Waals surface area contributed by atoms with Gasteiger partial charge in [0, 0.05) is 29.8 Å². The van der Waals surface area contributed by atoms with Crippen LogP contribution in [-0.2, 0) is 23.0 Å². The van der Waals surface area contributed by atoms with E-state index < -0.39 is 16.1 Å². The summed E-state index contributed by atoms with van der Waals surface area (Å²) in [6.45, 7) is 2.64. The number of anilines is 1. The van der Waals surface area contributed by atoms with Gasteiger partial charge in [-0.2, -0.15) is 8.42 Å². The highest BCUT2D eigenvalue weighted by Gasteiger charge is 2.35. The van der Waals surface area contributed by atoms with E-state index in [0.717, 1.165) is 74.1 Å². The van der Waals surface area contributed by atoms with Crippen LogP contribution in [0.3, 0.4) is 0 Å². The minimum Gasteiger partial charge on any atom is -0.447 e. The Labute approximate surface area is 199 Å². The van der Waals surface area contributed by atoms with Crippen molar-refractivity contribution < 1.29 is 22.0 Å². The van der Waals surface area contributed by atoms with Crippen molar-refractivity contribution in [3.05, 3.63) is 46.5 Å². The fraction of sp³-hybridized carbons (Fsp3) is 0.560. The number of nitrogens with one attached hydrogen (secondary N) is 2. The molecule has 182 valence electrons. The summed E-state index contributed by atoms with van der Waals surface area (Å²) in [5.74, 6) is 1.33. The number of rotatable bonds is 6.